The summed E-state index contributed by atoms with van der Waals surface area (Å²) in [4.78, 5) is 14.5. The number of likely N-dealkylation sites (tertiary alicyclic amines) is 1. The van der Waals surface area contributed by atoms with Gasteiger partial charge in [0.05, 0.1) is 5.69 Å². The average molecular weight is 341 g/mol. The highest BCUT2D eigenvalue weighted by molar-refractivity contribution is 5.76. The summed E-state index contributed by atoms with van der Waals surface area (Å²) in [6.07, 6.45) is 2.51. The Kier molecular flexibility index (Phi) is 5.11. The van der Waals surface area contributed by atoms with Crippen molar-refractivity contribution in [3.05, 3.63) is 46.8 Å². The maximum Gasteiger partial charge on any atom is 0.224 e. The quantitative estimate of drug-likeness (QED) is 0.909. The smallest absolute Gasteiger partial charge is 0.224 e. The van der Waals surface area contributed by atoms with Crippen LogP contribution in [0.3, 0.4) is 0 Å². The van der Waals surface area contributed by atoms with Gasteiger partial charge in [-0.3, -0.25) is 9.48 Å². The molecule has 0 bridgehead atoms. The zero-order valence-electron chi connectivity index (χ0n) is 15.3. The molecule has 1 aliphatic heterocycles. The van der Waals surface area contributed by atoms with E-state index in [2.05, 4.69) is 18.9 Å². The molecular weight excluding hydrogens is 314 g/mol. The molecule has 0 aliphatic carbocycles. The van der Waals surface area contributed by atoms with Crippen molar-refractivity contribution in [3.8, 4) is 5.75 Å². The minimum atomic E-state index is 0.221. The summed E-state index contributed by atoms with van der Waals surface area (Å²) in [5.74, 6) is 1.02. The summed E-state index contributed by atoms with van der Waals surface area (Å²) in [5, 5.41) is 13.9. The lowest BCUT2D eigenvalue weighted by molar-refractivity contribution is -0.130. The number of nitrogens with zero attached hydrogens (tertiary/aromatic N) is 3. The minimum absolute atomic E-state index is 0.221. The first-order chi connectivity index (χ1) is 11.9. The molecule has 25 heavy (non-hydrogen) atoms. The summed E-state index contributed by atoms with van der Waals surface area (Å²) in [7, 11) is 0. The first kappa shape index (κ1) is 17.5. The van der Waals surface area contributed by atoms with Gasteiger partial charge >= 0.3 is 0 Å². The molecule has 1 atom stereocenters. The molecule has 1 unspecified atom stereocenters. The van der Waals surface area contributed by atoms with Crippen LogP contribution in [0.25, 0.3) is 0 Å². The lowest BCUT2D eigenvalue weighted by Crippen LogP contribution is -2.29. The van der Waals surface area contributed by atoms with Gasteiger partial charge in [-0.2, -0.15) is 5.10 Å². The van der Waals surface area contributed by atoms with Crippen LogP contribution in [0.15, 0.2) is 24.3 Å². The van der Waals surface area contributed by atoms with Crippen LogP contribution < -0.4 is 0 Å². The fourth-order valence-corrected chi connectivity index (χ4v) is 3.55. The number of amides is 1. The van der Waals surface area contributed by atoms with Gasteiger partial charge in [0, 0.05) is 31.7 Å². The van der Waals surface area contributed by atoms with E-state index in [1.165, 1.54) is 11.1 Å². The Balaban J connectivity index is 1.50. The van der Waals surface area contributed by atoms with E-state index in [1.807, 2.05) is 28.6 Å². The Bertz CT molecular complexity index is 749. The van der Waals surface area contributed by atoms with Gasteiger partial charge in [-0.25, -0.2) is 0 Å². The Labute approximate surface area is 149 Å². The number of aryl methyl sites for hydroxylation is 2. The SMILES string of the molecule is Cc1nn(CCC(=O)N2CCC(Cc3ccc(O)cc3)C2)c(C)c1C. The first-order valence-electron chi connectivity index (χ1n) is 9.00. The summed E-state index contributed by atoms with van der Waals surface area (Å²) in [6, 6.07) is 7.38. The molecule has 1 aliphatic rings. The van der Waals surface area contributed by atoms with Crippen LogP contribution in [0.5, 0.6) is 5.75 Å². The Morgan fingerprint density at radius 2 is 1.96 bits per heavy atom. The summed E-state index contributed by atoms with van der Waals surface area (Å²) in [6.45, 7) is 8.47. The van der Waals surface area contributed by atoms with Crippen LogP contribution in [0.1, 0.15) is 35.4 Å². The monoisotopic (exact) mass is 341 g/mol. The number of aromatic nitrogens is 2. The largest absolute Gasteiger partial charge is 0.508 e. The standard InChI is InChI=1S/C20H27N3O2/c1-14-15(2)21-23(16(14)3)11-9-20(25)22-10-8-18(13-22)12-17-4-6-19(24)7-5-17/h4-7,18,24H,8-13H2,1-3H3. The maximum absolute atomic E-state index is 12.5. The number of phenols is 1. The number of rotatable bonds is 5. The molecule has 0 spiro atoms. The fraction of sp³-hybridized carbons (Fsp3) is 0.500. The second-order valence-electron chi connectivity index (χ2n) is 7.13. The predicted octanol–water partition coefficient (Wildman–Crippen LogP) is 3.00. The second-order valence-corrected chi connectivity index (χ2v) is 7.13. The van der Waals surface area contributed by atoms with E-state index < -0.39 is 0 Å². The molecule has 5 heteroatoms. The summed E-state index contributed by atoms with van der Waals surface area (Å²) < 4.78 is 1.95. The van der Waals surface area contributed by atoms with Crippen molar-refractivity contribution in [2.24, 2.45) is 5.92 Å². The molecule has 1 saturated heterocycles. The van der Waals surface area contributed by atoms with Gasteiger partial charge in [-0.1, -0.05) is 12.1 Å². The normalized spacial score (nSPS) is 17.2. The summed E-state index contributed by atoms with van der Waals surface area (Å²) in [5.41, 5.74) is 4.62. The van der Waals surface area contributed by atoms with E-state index in [0.29, 0.717) is 24.6 Å². The lowest BCUT2D eigenvalue weighted by Gasteiger charge is -2.17. The number of benzene rings is 1. The Morgan fingerprint density at radius 1 is 1.24 bits per heavy atom. The van der Waals surface area contributed by atoms with E-state index in [4.69, 9.17) is 0 Å². The number of aromatic hydroxyl groups is 1. The lowest BCUT2D eigenvalue weighted by atomic mass is 9.99. The molecule has 1 N–H and O–H groups in total. The highest BCUT2D eigenvalue weighted by Gasteiger charge is 2.26. The third kappa shape index (κ3) is 4.03. The van der Waals surface area contributed by atoms with Crippen LogP contribution in [0.4, 0.5) is 0 Å². The fourth-order valence-electron chi connectivity index (χ4n) is 3.55. The molecule has 2 aromatic rings. The highest BCUT2D eigenvalue weighted by atomic mass is 16.3. The zero-order chi connectivity index (χ0) is 18.0. The number of carbonyl (C=O) groups is 1. The predicted molar refractivity (Wildman–Crippen MR) is 97.6 cm³/mol. The zero-order valence-corrected chi connectivity index (χ0v) is 15.3. The topological polar surface area (TPSA) is 58.4 Å². The van der Waals surface area contributed by atoms with E-state index in [0.717, 1.165) is 37.3 Å². The molecule has 1 amide bonds. The highest BCUT2D eigenvalue weighted by Crippen LogP contribution is 2.23. The van der Waals surface area contributed by atoms with Gasteiger partial charge in [0.15, 0.2) is 0 Å². The molecule has 2 heterocycles. The van der Waals surface area contributed by atoms with Crippen LogP contribution in [0.2, 0.25) is 0 Å². The van der Waals surface area contributed by atoms with E-state index in [-0.39, 0.29) is 5.91 Å². The van der Waals surface area contributed by atoms with Gasteiger partial charge in [-0.05, 0) is 62.8 Å². The number of hydrogen-bond donors (Lipinski definition) is 1. The molecule has 1 fully saturated rings. The van der Waals surface area contributed by atoms with Crippen molar-refractivity contribution in [1.82, 2.24) is 14.7 Å². The van der Waals surface area contributed by atoms with Crippen LogP contribution in [-0.2, 0) is 17.8 Å². The summed E-state index contributed by atoms with van der Waals surface area (Å²) >= 11 is 0. The van der Waals surface area contributed by atoms with E-state index in [9.17, 15) is 9.90 Å². The second kappa shape index (κ2) is 7.30. The van der Waals surface area contributed by atoms with Crippen molar-refractivity contribution >= 4 is 5.91 Å². The molecule has 1 aromatic carbocycles. The van der Waals surface area contributed by atoms with Crippen molar-refractivity contribution in [2.45, 2.75) is 46.6 Å². The third-order valence-corrected chi connectivity index (χ3v) is 5.38. The molecule has 3 rings (SSSR count). The third-order valence-electron chi connectivity index (χ3n) is 5.38. The first-order valence-corrected chi connectivity index (χ1v) is 9.00. The number of carbonyl (C=O) groups excluding carboxylic acids is 1. The van der Waals surface area contributed by atoms with Crippen molar-refractivity contribution in [3.63, 3.8) is 0 Å². The van der Waals surface area contributed by atoms with E-state index >= 15 is 0 Å². The Hall–Kier alpha value is -2.30. The number of phenolic OH excluding ortho intramolecular Hbond substituents is 1. The van der Waals surface area contributed by atoms with Crippen LogP contribution in [-0.4, -0.2) is 38.8 Å². The molecule has 1 aromatic heterocycles. The van der Waals surface area contributed by atoms with Gasteiger partial charge in [-0.15, -0.1) is 0 Å². The van der Waals surface area contributed by atoms with Crippen molar-refractivity contribution < 1.29 is 9.90 Å². The van der Waals surface area contributed by atoms with E-state index in [1.54, 1.807) is 12.1 Å². The molecular formula is C20H27N3O2. The van der Waals surface area contributed by atoms with Gasteiger partial charge < -0.3 is 10.0 Å². The molecule has 5 nitrogen and oxygen atoms in total. The number of hydrogen-bond acceptors (Lipinski definition) is 3. The average Bonchev–Trinajstić information content (AvgIpc) is 3.15. The molecule has 134 valence electrons. The van der Waals surface area contributed by atoms with Crippen LogP contribution in [0, 0.1) is 26.7 Å². The van der Waals surface area contributed by atoms with Crippen molar-refractivity contribution in [1.29, 1.82) is 0 Å². The minimum Gasteiger partial charge on any atom is -0.508 e. The van der Waals surface area contributed by atoms with Gasteiger partial charge in [0.1, 0.15) is 5.75 Å². The van der Waals surface area contributed by atoms with Crippen LogP contribution >= 0.6 is 0 Å². The molecule has 0 radical (unpaired) electrons. The van der Waals surface area contributed by atoms with Gasteiger partial charge in [0.25, 0.3) is 0 Å². The van der Waals surface area contributed by atoms with Gasteiger partial charge in [0.2, 0.25) is 5.91 Å². The maximum atomic E-state index is 12.5. The molecule has 0 saturated carbocycles. The Morgan fingerprint density at radius 3 is 2.60 bits per heavy atom. The van der Waals surface area contributed by atoms with Crippen molar-refractivity contribution in [2.75, 3.05) is 13.1 Å².